The van der Waals surface area contributed by atoms with Crippen molar-refractivity contribution in [3.8, 4) is 0 Å². The van der Waals surface area contributed by atoms with E-state index < -0.39 is 0 Å². The van der Waals surface area contributed by atoms with E-state index in [0.29, 0.717) is 0 Å². The molecule has 0 aromatic rings. The molecule has 0 fully saturated rings. The van der Waals surface area contributed by atoms with E-state index in [1.807, 2.05) is 0 Å². The predicted molar refractivity (Wildman–Crippen MR) is 96.6 cm³/mol. The van der Waals surface area contributed by atoms with Gasteiger partial charge in [-0.05, 0) is 52.7 Å². The average molecular weight is 384 g/mol. The third kappa shape index (κ3) is 15.9. The van der Waals surface area contributed by atoms with Crippen LogP contribution in [0.2, 0.25) is 0 Å². The largest absolute Gasteiger partial charge is 0.357 e. The van der Waals surface area contributed by atoms with Crippen molar-refractivity contribution in [2.75, 3.05) is 40.3 Å². The third-order valence-electron chi connectivity index (χ3n) is 2.63. The smallest absolute Gasteiger partial charge is 0.191 e. The molecule has 0 unspecified atom stereocenters. The molecule has 0 radical (unpaired) electrons. The van der Waals surface area contributed by atoms with Crippen molar-refractivity contribution in [1.82, 2.24) is 15.5 Å². The summed E-state index contributed by atoms with van der Waals surface area (Å²) in [6, 6.07) is 0. The van der Waals surface area contributed by atoms with E-state index in [1.54, 1.807) is 0 Å². The summed E-state index contributed by atoms with van der Waals surface area (Å²) in [7, 11) is 4.19. The first-order chi connectivity index (χ1) is 8.56. The highest BCUT2D eigenvalue weighted by Gasteiger charge is 1.98. The molecule has 5 heteroatoms. The molecule has 0 atom stereocenters. The third-order valence-corrected chi connectivity index (χ3v) is 2.63. The summed E-state index contributed by atoms with van der Waals surface area (Å²) in [6.07, 6.45) is 3.59. The number of nitrogens with zero attached hydrogens (tertiary/aromatic N) is 2. The fraction of sp³-hybridized carbons (Fsp3) is 0.929. The Bertz CT molecular complexity index is 217. The summed E-state index contributed by atoms with van der Waals surface area (Å²) < 4.78 is 0. The number of nitrogens with one attached hydrogen (secondary N) is 2. The lowest BCUT2D eigenvalue weighted by Gasteiger charge is -2.12. The zero-order valence-electron chi connectivity index (χ0n) is 13.3. The monoisotopic (exact) mass is 384 g/mol. The van der Waals surface area contributed by atoms with E-state index in [9.17, 15) is 0 Å². The number of hydrogen-bond donors (Lipinski definition) is 2. The van der Waals surface area contributed by atoms with Crippen molar-refractivity contribution in [1.29, 1.82) is 0 Å². The fourth-order valence-corrected chi connectivity index (χ4v) is 1.64. The maximum Gasteiger partial charge on any atom is 0.191 e. The SMILES string of the molecule is CCNC(=NCCCN(C)C)NCCCC(C)C.I. The Morgan fingerprint density at radius 3 is 2.37 bits per heavy atom. The molecular formula is C14H33IN4. The summed E-state index contributed by atoms with van der Waals surface area (Å²) in [5.41, 5.74) is 0. The van der Waals surface area contributed by atoms with Crippen LogP contribution in [0.25, 0.3) is 0 Å². The molecule has 0 aromatic carbocycles. The Balaban J connectivity index is 0. The first-order valence-electron chi connectivity index (χ1n) is 7.23. The first-order valence-corrected chi connectivity index (χ1v) is 7.23. The first kappa shape index (κ1) is 21.3. The van der Waals surface area contributed by atoms with Gasteiger partial charge in [0.05, 0.1) is 0 Å². The lowest BCUT2D eigenvalue weighted by molar-refractivity contribution is 0.403. The number of hydrogen-bond acceptors (Lipinski definition) is 2. The van der Waals surface area contributed by atoms with Gasteiger partial charge < -0.3 is 15.5 Å². The molecule has 19 heavy (non-hydrogen) atoms. The molecule has 0 bridgehead atoms. The van der Waals surface area contributed by atoms with Gasteiger partial charge in [-0.25, -0.2) is 0 Å². The molecule has 0 amide bonds. The van der Waals surface area contributed by atoms with Gasteiger partial charge >= 0.3 is 0 Å². The van der Waals surface area contributed by atoms with E-state index >= 15 is 0 Å². The Morgan fingerprint density at radius 1 is 1.16 bits per heavy atom. The normalized spacial score (nSPS) is 11.6. The molecule has 0 aliphatic carbocycles. The zero-order chi connectivity index (χ0) is 13.8. The molecule has 116 valence electrons. The standard InChI is InChI=1S/C14H32N4.HI/c1-6-15-14(16-10-7-9-13(2)3)17-11-8-12-18(4)5;/h13H,6-12H2,1-5H3,(H2,15,16,17);1H. The van der Waals surface area contributed by atoms with E-state index in [2.05, 4.69) is 55.4 Å². The maximum atomic E-state index is 4.57. The summed E-state index contributed by atoms with van der Waals surface area (Å²) in [5.74, 6) is 1.74. The number of rotatable bonds is 9. The van der Waals surface area contributed by atoms with Crippen LogP contribution in [0, 0.1) is 5.92 Å². The molecule has 4 nitrogen and oxygen atoms in total. The van der Waals surface area contributed by atoms with Crippen LogP contribution in [0.5, 0.6) is 0 Å². The van der Waals surface area contributed by atoms with Crippen molar-refractivity contribution >= 4 is 29.9 Å². The highest BCUT2D eigenvalue weighted by Crippen LogP contribution is 2.01. The van der Waals surface area contributed by atoms with Gasteiger partial charge in [-0.3, -0.25) is 4.99 Å². The van der Waals surface area contributed by atoms with Gasteiger partial charge in [0.15, 0.2) is 5.96 Å². The van der Waals surface area contributed by atoms with Gasteiger partial charge in [0.25, 0.3) is 0 Å². The molecule has 0 saturated carbocycles. The van der Waals surface area contributed by atoms with Gasteiger partial charge in [0.1, 0.15) is 0 Å². The molecule has 0 spiro atoms. The van der Waals surface area contributed by atoms with Crippen LogP contribution in [-0.2, 0) is 0 Å². The average Bonchev–Trinajstić information content (AvgIpc) is 2.29. The second-order valence-corrected chi connectivity index (χ2v) is 5.38. The van der Waals surface area contributed by atoms with E-state index in [1.165, 1.54) is 12.8 Å². The molecule has 0 saturated heterocycles. The molecule has 0 aliphatic rings. The van der Waals surface area contributed by atoms with E-state index in [-0.39, 0.29) is 24.0 Å². The van der Waals surface area contributed by atoms with Gasteiger partial charge in [-0.15, -0.1) is 24.0 Å². The van der Waals surface area contributed by atoms with Crippen LogP contribution in [0.4, 0.5) is 0 Å². The maximum absolute atomic E-state index is 4.57. The van der Waals surface area contributed by atoms with Crippen LogP contribution >= 0.6 is 24.0 Å². The van der Waals surface area contributed by atoms with Crippen molar-refractivity contribution in [3.63, 3.8) is 0 Å². The van der Waals surface area contributed by atoms with Gasteiger partial charge in [-0.1, -0.05) is 13.8 Å². The van der Waals surface area contributed by atoms with Gasteiger partial charge in [0, 0.05) is 19.6 Å². The minimum atomic E-state index is 0. The number of aliphatic imine (C=N–C) groups is 1. The number of guanidine groups is 1. The van der Waals surface area contributed by atoms with Crippen LogP contribution in [-0.4, -0.2) is 51.1 Å². The molecule has 0 aromatic heterocycles. The Labute approximate surface area is 136 Å². The summed E-state index contributed by atoms with van der Waals surface area (Å²) >= 11 is 0. The van der Waals surface area contributed by atoms with Crippen molar-refractivity contribution in [3.05, 3.63) is 0 Å². The van der Waals surface area contributed by atoms with Crippen LogP contribution in [0.3, 0.4) is 0 Å². The Kier molecular flexibility index (Phi) is 16.1. The molecular weight excluding hydrogens is 351 g/mol. The lowest BCUT2D eigenvalue weighted by Crippen LogP contribution is -2.38. The Hall–Kier alpha value is -0.0400. The van der Waals surface area contributed by atoms with Crippen LogP contribution < -0.4 is 10.6 Å². The minimum Gasteiger partial charge on any atom is -0.357 e. The van der Waals surface area contributed by atoms with Crippen molar-refractivity contribution in [2.24, 2.45) is 10.9 Å². The fourth-order valence-electron chi connectivity index (χ4n) is 1.64. The van der Waals surface area contributed by atoms with Gasteiger partial charge in [0.2, 0.25) is 0 Å². The van der Waals surface area contributed by atoms with Crippen molar-refractivity contribution in [2.45, 2.75) is 40.0 Å². The summed E-state index contributed by atoms with van der Waals surface area (Å²) in [6.45, 7) is 10.5. The number of halogens is 1. The highest BCUT2D eigenvalue weighted by molar-refractivity contribution is 14.0. The topological polar surface area (TPSA) is 39.7 Å². The molecule has 0 rings (SSSR count). The van der Waals surface area contributed by atoms with Crippen LogP contribution in [0.15, 0.2) is 4.99 Å². The minimum absolute atomic E-state index is 0. The zero-order valence-corrected chi connectivity index (χ0v) is 15.7. The van der Waals surface area contributed by atoms with Gasteiger partial charge in [-0.2, -0.15) is 0 Å². The molecule has 2 N–H and O–H groups in total. The van der Waals surface area contributed by atoms with Crippen LogP contribution in [0.1, 0.15) is 40.0 Å². The second kappa shape index (κ2) is 14.4. The summed E-state index contributed by atoms with van der Waals surface area (Å²) in [4.78, 5) is 6.76. The van der Waals surface area contributed by atoms with Crippen molar-refractivity contribution < 1.29 is 0 Å². The van der Waals surface area contributed by atoms with E-state index in [4.69, 9.17) is 0 Å². The summed E-state index contributed by atoms with van der Waals surface area (Å²) in [5, 5.41) is 6.67. The lowest BCUT2D eigenvalue weighted by atomic mass is 10.1. The second-order valence-electron chi connectivity index (χ2n) is 5.38. The molecule has 0 heterocycles. The predicted octanol–water partition coefficient (Wildman–Crippen LogP) is 2.55. The Morgan fingerprint density at radius 2 is 1.84 bits per heavy atom. The van der Waals surface area contributed by atoms with E-state index in [0.717, 1.165) is 44.5 Å². The highest BCUT2D eigenvalue weighted by atomic mass is 127. The quantitative estimate of drug-likeness (QED) is 0.278. The molecule has 0 aliphatic heterocycles.